The second-order valence-corrected chi connectivity index (χ2v) is 6.42. The molecule has 0 atom stereocenters. The van der Waals surface area contributed by atoms with E-state index in [1.807, 2.05) is 49.4 Å². The summed E-state index contributed by atoms with van der Waals surface area (Å²) in [6.45, 7) is 3.75. The number of benzene rings is 2. The highest BCUT2D eigenvalue weighted by atomic mass is 79.9. The van der Waals surface area contributed by atoms with Gasteiger partial charge in [0.1, 0.15) is 12.4 Å². The molecule has 0 saturated heterocycles. The molecule has 120 valence electrons. The van der Waals surface area contributed by atoms with Crippen LogP contribution in [-0.4, -0.2) is 17.0 Å². The summed E-state index contributed by atoms with van der Waals surface area (Å²) in [6, 6.07) is 13.7. The van der Waals surface area contributed by atoms with Crippen LogP contribution in [0.1, 0.15) is 23.0 Å². The fraction of sp³-hybridized carbons (Fsp3) is 0.150. The van der Waals surface area contributed by atoms with Crippen molar-refractivity contribution in [3.63, 3.8) is 0 Å². The summed E-state index contributed by atoms with van der Waals surface area (Å²) in [5, 5.41) is 0.873. The van der Waals surface area contributed by atoms with Gasteiger partial charge in [-0.05, 0) is 56.3 Å². The number of aromatic nitrogens is 1. The van der Waals surface area contributed by atoms with Crippen LogP contribution in [0.2, 0.25) is 0 Å². The van der Waals surface area contributed by atoms with E-state index < -0.39 is 0 Å². The van der Waals surface area contributed by atoms with Gasteiger partial charge in [0.05, 0.1) is 5.52 Å². The number of fused-ring (bicyclic) bond motifs is 1. The monoisotopic (exact) mass is 381 g/mol. The van der Waals surface area contributed by atoms with Crippen LogP contribution in [0.25, 0.3) is 16.6 Å². The van der Waals surface area contributed by atoms with Crippen LogP contribution < -0.4 is 4.74 Å². The summed E-state index contributed by atoms with van der Waals surface area (Å²) in [4.78, 5) is 12.2. The Morgan fingerprint density at radius 3 is 2.58 bits per heavy atom. The lowest BCUT2D eigenvalue weighted by molar-refractivity contribution is 0.101. The molecule has 3 nitrogen and oxygen atoms in total. The molecule has 0 spiro atoms. The topological polar surface area (TPSA) is 31.2 Å². The first-order valence-corrected chi connectivity index (χ1v) is 8.30. The Hall–Kier alpha value is -2.51. The summed E-state index contributed by atoms with van der Waals surface area (Å²) in [5.74, 6) is 3.14. The highest BCUT2D eigenvalue weighted by Gasteiger charge is 2.19. The standard InChI is InChI=1S/C20H16BrNO2/c1-4-11-24-17-9-10-19-18(12-17)20(14(3)23)13(2)22(19)16-7-5-15(21)6-8-16/h1,5-10,12H,11H2,2-3H3. The Kier molecular flexibility index (Phi) is 4.46. The van der Waals surface area contributed by atoms with Crippen molar-refractivity contribution in [2.24, 2.45) is 0 Å². The Morgan fingerprint density at radius 2 is 1.96 bits per heavy atom. The van der Waals surface area contributed by atoms with Crippen molar-refractivity contribution in [3.05, 3.63) is 58.2 Å². The number of rotatable bonds is 4. The minimum Gasteiger partial charge on any atom is -0.481 e. The highest BCUT2D eigenvalue weighted by molar-refractivity contribution is 9.10. The van der Waals surface area contributed by atoms with Gasteiger partial charge in [-0.3, -0.25) is 4.79 Å². The number of carbonyl (C=O) groups is 1. The van der Waals surface area contributed by atoms with Crippen molar-refractivity contribution in [3.8, 4) is 23.8 Å². The molecule has 0 N–H and O–H groups in total. The van der Waals surface area contributed by atoms with Crippen LogP contribution in [-0.2, 0) is 0 Å². The second kappa shape index (κ2) is 6.54. The first-order chi connectivity index (χ1) is 11.5. The average molecular weight is 382 g/mol. The number of carbonyl (C=O) groups excluding carboxylic acids is 1. The van der Waals surface area contributed by atoms with Gasteiger partial charge in [-0.25, -0.2) is 0 Å². The van der Waals surface area contributed by atoms with Crippen LogP contribution in [0, 0.1) is 19.3 Å². The molecule has 1 aromatic heterocycles. The fourth-order valence-electron chi connectivity index (χ4n) is 2.98. The maximum atomic E-state index is 12.2. The summed E-state index contributed by atoms with van der Waals surface area (Å²) in [7, 11) is 0. The van der Waals surface area contributed by atoms with Gasteiger partial charge in [0.25, 0.3) is 0 Å². The lowest BCUT2D eigenvalue weighted by Gasteiger charge is -2.09. The van der Waals surface area contributed by atoms with E-state index in [0.29, 0.717) is 11.3 Å². The number of hydrogen-bond acceptors (Lipinski definition) is 2. The van der Waals surface area contributed by atoms with Crippen molar-refractivity contribution >= 4 is 32.6 Å². The number of halogens is 1. The summed E-state index contributed by atoms with van der Waals surface area (Å²) in [6.07, 6.45) is 5.25. The van der Waals surface area contributed by atoms with Crippen LogP contribution >= 0.6 is 15.9 Å². The molecule has 0 amide bonds. The van der Waals surface area contributed by atoms with Gasteiger partial charge < -0.3 is 9.30 Å². The maximum absolute atomic E-state index is 12.2. The van der Waals surface area contributed by atoms with Crippen molar-refractivity contribution < 1.29 is 9.53 Å². The Bertz CT molecular complexity index is 962. The van der Waals surface area contributed by atoms with Crippen LogP contribution in [0.15, 0.2) is 46.9 Å². The predicted octanol–water partition coefficient (Wildman–Crippen LogP) is 4.92. The Morgan fingerprint density at radius 1 is 1.25 bits per heavy atom. The minimum atomic E-state index is 0.0301. The molecule has 2 aromatic carbocycles. The number of hydrogen-bond donors (Lipinski definition) is 0. The SMILES string of the molecule is C#CCOc1ccc2c(c1)c(C(C)=O)c(C)n2-c1ccc(Br)cc1. The molecule has 4 heteroatoms. The number of ketones is 1. The van der Waals surface area contributed by atoms with E-state index in [9.17, 15) is 4.79 Å². The predicted molar refractivity (Wildman–Crippen MR) is 100 cm³/mol. The van der Waals surface area contributed by atoms with E-state index in [1.165, 1.54) is 0 Å². The zero-order valence-corrected chi connectivity index (χ0v) is 15.1. The van der Waals surface area contributed by atoms with Gasteiger partial charge in [-0.15, -0.1) is 6.42 Å². The molecular formula is C20H16BrNO2. The van der Waals surface area contributed by atoms with E-state index in [1.54, 1.807) is 6.92 Å². The molecule has 0 aliphatic rings. The van der Waals surface area contributed by atoms with Gasteiger partial charge in [0, 0.05) is 26.8 Å². The third kappa shape index (κ3) is 2.83. The van der Waals surface area contributed by atoms with E-state index in [4.69, 9.17) is 11.2 Å². The molecule has 0 fully saturated rings. The molecule has 0 saturated carbocycles. The molecule has 1 heterocycles. The number of ether oxygens (including phenoxy) is 1. The Balaban J connectivity index is 2.26. The second-order valence-electron chi connectivity index (χ2n) is 5.50. The minimum absolute atomic E-state index is 0.0301. The van der Waals surface area contributed by atoms with Crippen LogP contribution in [0.4, 0.5) is 0 Å². The smallest absolute Gasteiger partial charge is 0.162 e. The molecule has 0 aliphatic carbocycles. The summed E-state index contributed by atoms with van der Waals surface area (Å²) in [5.41, 5.74) is 3.59. The van der Waals surface area contributed by atoms with E-state index in [2.05, 4.69) is 26.4 Å². The van der Waals surface area contributed by atoms with Gasteiger partial charge in [-0.2, -0.15) is 0 Å². The van der Waals surface area contributed by atoms with Gasteiger partial charge in [0.15, 0.2) is 5.78 Å². The first-order valence-electron chi connectivity index (χ1n) is 7.51. The summed E-state index contributed by atoms with van der Waals surface area (Å²) < 4.78 is 8.60. The lowest BCUT2D eigenvalue weighted by atomic mass is 10.1. The lowest BCUT2D eigenvalue weighted by Crippen LogP contribution is -1.99. The molecule has 0 unspecified atom stereocenters. The Labute approximate surface area is 149 Å². The zero-order valence-electron chi connectivity index (χ0n) is 13.5. The molecule has 3 aromatic rings. The molecule has 3 rings (SSSR count). The number of terminal acetylenes is 1. The maximum Gasteiger partial charge on any atom is 0.162 e. The van der Waals surface area contributed by atoms with E-state index in [0.717, 1.165) is 26.8 Å². The van der Waals surface area contributed by atoms with Crippen LogP contribution in [0.5, 0.6) is 5.75 Å². The molecular weight excluding hydrogens is 366 g/mol. The van der Waals surface area contributed by atoms with Crippen molar-refractivity contribution in [2.45, 2.75) is 13.8 Å². The zero-order chi connectivity index (χ0) is 17.3. The molecule has 0 bridgehead atoms. The molecule has 24 heavy (non-hydrogen) atoms. The third-order valence-corrected chi connectivity index (χ3v) is 4.46. The first kappa shape index (κ1) is 16.4. The van der Waals surface area contributed by atoms with Crippen molar-refractivity contribution in [2.75, 3.05) is 6.61 Å². The normalized spacial score (nSPS) is 10.6. The largest absolute Gasteiger partial charge is 0.481 e. The number of nitrogens with zero attached hydrogens (tertiary/aromatic N) is 1. The molecule has 0 aliphatic heterocycles. The van der Waals surface area contributed by atoms with Crippen molar-refractivity contribution in [1.29, 1.82) is 0 Å². The summed E-state index contributed by atoms with van der Waals surface area (Å²) >= 11 is 3.45. The third-order valence-electron chi connectivity index (χ3n) is 3.93. The highest BCUT2D eigenvalue weighted by Crippen LogP contribution is 2.32. The average Bonchev–Trinajstić information content (AvgIpc) is 2.85. The molecule has 0 radical (unpaired) electrons. The van der Waals surface area contributed by atoms with Crippen molar-refractivity contribution in [1.82, 2.24) is 4.57 Å². The number of Topliss-reactive ketones (excluding diaryl/α,β-unsaturated/α-hetero) is 1. The quantitative estimate of drug-likeness (QED) is 0.474. The van der Waals surface area contributed by atoms with Gasteiger partial charge in [0.2, 0.25) is 0 Å². The fourth-order valence-corrected chi connectivity index (χ4v) is 3.24. The van der Waals surface area contributed by atoms with Gasteiger partial charge in [-0.1, -0.05) is 21.9 Å². The van der Waals surface area contributed by atoms with Gasteiger partial charge >= 0.3 is 0 Å². The van der Waals surface area contributed by atoms with E-state index in [-0.39, 0.29) is 12.4 Å². The van der Waals surface area contributed by atoms with E-state index >= 15 is 0 Å². The van der Waals surface area contributed by atoms with Crippen LogP contribution in [0.3, 0.4) is 0 Å².